The van der Waals surface area contributed by atoms with Gasteiger partial charge < -0.3 is 9.47 Å². The number of nitrogens with one attached hydrogen (secondary N) is 1. The number of hydrogen-bond donors (Lipinski definition) is 1. The lowest BCUT2D eigenvalue weighted by Gasteiger charge is -2.13. The quantitative estimate of drug-likeness (QED) is 0.668. The Balaban J connectivity index is 2.34. The van der Waals surface area contributed by atoms with Crippen molar-refractivity contribution in [3.63, 3.8) is 0 Å². The molecule has 1 heterocycles. The largest absolute Gasteiger partial charge is 0.445 e. The van der Waals surface area contributed by atoms with Crippen LogP contribution in [0.3, 0.4) is 0 Å². The van der Waals surface area contributed by atoms with Crippen molar-refractivity contribution >= 4 is 46.6 Å². The molecule has 1 N–H and O–H groups in total. The maximum absolute atomic E-state index is 14.1. The molecule has 0 atom stereocenters. The molecule has 0 fully saturated rings. The van der Waals surface area contributed by atoms with Crippen LogP contribution in [0.4, 0.5) is 23.7 Å². The van der Waals surface area contributed by atoms with Gasteiger partial charge in [0.2, 0.25) is 3.79 Å². The first kappa shape index (κ1) is 21.6. The maximum Gasteiger partial charge on any atom is 0.411 e. The van der Waals surface area contributed by atoms with Gasteiger partial charge in [0.1, 0.15) is 18.1 Å². The molecule has 27 heavy (non-hydrogen) atoms. The summed E-state index contributed by atoms with van der Waals surface area (Å²) in [6, 6.07) is 1.03. The van der Waals surface area contributed by atoms with E-state index in [-0.39, 0.29) is 24.4 Å². The predicted molar refractivity (Wildman–Crippen MR) is 94.3 cm³/mol. The fourth-order valence-corrected chi connectivity index (χ4v) is 2.30. The zero-order valence-electron chi connectivity index (χ0n) is 13.7. The molecule has 0 spiro atoms. The van der Waals surface area contributed by atoms with Crippen molar-refractivity contribution in [2.45, 2.75) is 10.2 Å². The summed E-state index contributed by atoms with van der Waals surface area (Å²) < 4.78 is 50.1. The molecule has 2 aromatic rings. The van der Waals surface area contributed by atoms with Gasteiger partial charge >= 0.3 is 6.09 Å². The Morgan fingerprint density at radius 1 is 1.26 bits per heavy atom. The van der Waals surface area contributed by atoms with E-state index < -0.39 is 39.6 Å². The SMILES string of the molecule is COCCc1c(NC(=O)OCC(Cl)(Cl)Cl)cnn1-c1c(F)cc(F)cc1F. The molecule has 0 saturated heterocycles. The van der Waals surface area contributed by atoms with Crippen molar-refractivity contribution in [3.05, 3.63) is 41.5 Å². The highest BCUT2D eigenvalue weighted by Gasteiger charge is 2.24. The number of rotatable bonds is 6. The van der Waals surface area contributed by atoms with Gasteiger partial charge in [-0.1, -0.05) is 34.8 Å². The standard InChI is InChI=1S/C15H13Cl3F3N3O3/c1-26-3-2-12-11(23-14(25)27-7-15(16,17)18)6-22-24(12)13-9(20)4-8(19)5-10(13)21/h4-6H,2-3,7H2,1H3,(H,23,25). The van der Waals surface area contributed by atoms with Crippen molar-refractivity contribution in [1.29, 1.82) is 0 Å². The molecule has 12 heteroatoms. The molecule has 0 radical (unpaired) electrons. The lowest BCUT2D eigenvalue weighted by Crippen LogP contribution is -2.22. The number of nitrogens with zero attached hydrogens (tertiary/aromatic N) is 2. The van der Waals surface area contributed by atoms with E-state index in [4.69, 9.17) is 44.3 Å². The maximum atomic E-state index is 14.1. The molecule has 0 aliphatic rings. The molecule has 1 aromatic carbocycles. The van der Waals surface area contributed by atoms with Crippen molar-refractivity contribution in [2.75, 3.05) is 25.6 Å². The number of alkyl halides is 3. The van der Waals surface area contributed by atoms with Gasteiger partial charge in [-0.05, 0) is 0 Å². The van der Waals surface area contributed by atoms with Crippen LogP contribution >= 0.6 is 34.8 Å². The second kappa shape index (κ2) is 9.01. The molecule has 0 bridgehead atoms. The molecule has 0 saturated carbocycles. The van der Waals surface area contributed by atoms with Crippen LogP contribution in [-0.2, 0) is 15.9 Å². The summed E-state index contributed by atoms with van der Waals surface area (Å²) in [6.07, 6.45) is 0.288. The van der Waals surface area contributed by atoms with Crippen LogP contribution < -0.4 is 5.32 Å². The number of amides is 1. The fourth-order valence-electron chi connectivity index (χ4n) is 2.14. The van der Waals surface area contributed by atoms with Crippen molar-refractivity contribution in [1.82, 2.24) is 9.78 Å². The molecule has 0 aliphatic carbocycles. The van der Waals surface area contributed by atoms with E-state index in [0.29, 0.717) is 12.1 Å². The normalized spacial score (nSPS) is 11.5. The second-order valence-corrected chi connectivity index (χ2v) is 7.71. The summed E-state index contributed by atoms with van der Waals surface area (Å²) >= 11 is 16.5. The summed E-state index contributed by atoms with van der Waals surface area (Å²) in [6.45, 7) is -0.375. The van der Waals surface area contributed by atoms with E-state index >= 15 is 0 Å². The number of benzene rings is 1. The number of ether oxygens (including phenoxy) is 2. The molecule has 148 valence electrons. The molecule has 1 aromatic heterocycles. The molecular weight excluding hydrogens is 434 g/mol. The summed E-state index contributed by atoms with van der Waals surface area (Å²) in [7, 11) is 1.42. The Morgan fingerprint density at radius 2 is 1.89 bits per heavy atom. The first-order chi connectivity index (χ1) is 12.6. The number of halogens is 6. The lowest BCUT2D eigenvalue weighted by molar-refractivity contribution is 0.164. The highest BCUT2D eigenvalue weighted by atomic mass is 35.6. The topological polar surface area (TPSA) is 65.4 Å². The zero-order valence-corrected chi connectivity index (χ0v) is 16.0. The third kappa shape index (κ3) is 5.90. The van der Waals surface area contributed by atoms with E-state index in [1.54, 1.807) is 0 Å². The minimum Gasteiger partial charge on any atom is -0.445 e. The van der Waals surface area contributed by atoms with Crippen LogP contribution in [-0.4, -0.2) is 40.0 Å². The second-order valence-electron chi connectivity index (χ2n) is 5.19. The van der Waals surface area contributed by atoms with Gasteiger partial charge in [-0.15, -0.1) is 0 Å². The summed E-state index contributed by atoms with van der Waals surface area (Å²) in [5.41, 5.74) is -0.332. The zero-order chi connectivity index (χ0) is 20.2. The van der Waals surface area contributed by atoms with E-state index in [1.807, 2.05) is 0 Å². The van der Waals surface area contributed by atoms with Gasteiger partial charge in [-0.2, -0.15) is 5.10 Å². The number of methoxy groups -OCH3 is 1. The van der Waals surface area contributed by atoms with Gasteiger partial charge in [-0.25, -0.2) is 22.6 Å². The molecule has 6 nitrogen and oxygen atoms in total. The molecule has 0 unspecified atom stereocenters. The summed E-state index contributed by atoms with van der Waals surface area (Å²) in [5, 5.41) is 6.20. The monoisotopic (exact) mass is 445 g/mol. The average Bonchev–Trinajstić information content (AvgIpc) is 2.92. The Labute approximate surface area is 167 Å². The van der Waals surface area contributed by atoms with Gasteiger partial charge in [0, 0.05) is 25.7 Å². The highest BCUT2D eigenvalue weighted by molar-refractivity contribution is 6.67. The Bertz CT molecular complexity index is 805. The summed E-state index contributed by atoms with van der Waals surface area (Å²) in [4.78, 5) is 11.8. The van der Waals surface area contributed by atoms with Gasteiger partial charge in [0.25, 0.3) is 0 Å². The number of carbonyl (C=O) groups excluding carboxylic acids is 1. The van der Waals surface area contributed by atoms with E-state index in [1.165, 1.54) is 7.11 Å². The number of hydrogen-bond acceptors (Lipinski definition) is 4. The van der Waals surface area contributed by atoms with Gasteiger partial charge in [0.15, 0.2) is 11.6 Å². The van der Waals surface area contributed by atoms with E-state index in [2.05, 4.69) is 10.4 Å². The highest BCUT2D eigenvalue weighted by Crippen LogP contribution is 2.27. The Kier molecular flexibility index (Phi) is 7.21. The Hall–Kier alpha value is -1.68. The number of carbonyl (C=O) groups is 1. The first-order valence-corrected chi connectivity index (χ1v) is 8.47. The van der Waals surface area contributed by atoms with Gasteiger partial charge in [0.05, 0.1) is 24.2 Å². The fraction of sp³-hybridized carbons (Fsp3) is 0.333. The third-order valence-electron chi connectivity index (χ3n) is 3.21. The predicted octanol–water partition coefficient (Wildman–Crippen LogP) is 4.40. The number of aromatic nitrogens is 2. The summed E-state index contributed by atoms with van der Waals surface area (Å²) in [5.74, 6) is -3.41. The smallest absolute Gasteiger partial charge is 0.411 e. The van der Waals surface area contributed by atoms with Crippen molar-refractivity contribution in [3.8, 4) is 5.69 Å². The minimum atomic E-state index is -1.80. The van der Waals surface area contributed by atoms with Gasteiger partial charge in [-0.3, -0.25) is 5.32 Å². The molecule has 0 aliphatic heterocycles. The molecular formula is C15H13Cl3F3N3O3. The Morgan fingerprint density at radius 3 is 2.44 bits per heavy atom. The van der Waals surface area contributed by atoms with Crippen molar-refractivity contribution in [2.24, 2.45) is 0 Å². The van der Waals surface area contributed by atoms with Crippen LogP contribution in [0.25, 0.3) is 5.69 Å². The number of anilines is 1. The third-order valence-corrected chi connectivity index (χ3v) is 3.54. The van der Waals surface area contributed by atoms with E-state index in [0.717, 1.165) is 10.9 Å². The van der Waals surface area contributed by atoms with Crippen LogP contribution in [0.15, 0.2) is 18.3 Å². The molecule has 2 rings (SSSR count). The lowest BCUT2D eigenvalue weighted by atomic mass is 10.2. The minimum absolute atomic E-state index is 0.0875. The van der Waals surface area contributed by atoms with Crippen LogP contribution in [0.5, 0.6) is 0 Å². The van der Waals surface area contributed by atoms with E-state index in [9.17, 15) is 18.0 Å². The van der Waals surface area contributed by atoms with Crippen molar-refractivity contribution < 1.29 is 27.4 Å². The molecule has 1 amide bonds. The van der Waals surface area contributed by atoms with Crippen LogP contribution in [0.1, 0.15) is 5.69 Å². The van der Waals surface area contributed by atoms with Crippen LogP contribution in [0.2, 0.25) is 0 Å². The first-order valence-electron chi connectivity index (χ1n) is 7.33. The van der Waals surface area contributed by atoms with Crippen LogP contribution in [0, 0.1) is 17.5 Å². The average molecular weight is 447 g/mol.